The van der Waals surface area contributed by atoms with E-state index in [1.807, 2.05) is 42.5 Å². The van der Waals surface area contributed by atoms with Crippen LogP contribution in [0.25, 0.3) is 0 Å². The molecule has 0 saturated carbocycles. The van der Waals surface area contributed by atoms with E-state index in [2.05, 4.69) is 21.2 Å². The van der Waals surface area contributed by atoms with E-state index in [0.717, 1.165) is 15.8 Å². The molecule has 3 aromatic rings. The van der Waals surface area contributed by atoms with Crippen LogP contribution in [0.3, 0.4) is 0 Å². The molecule has 1 heterocycles. The number of benzene rings is 3. The summed E-state index contributed by atoms with van der Waals surface area (Å²) in [5, 5.41) is 3.33. The molecule has 180 valence electrons. The quantitative estimate of drug-likeness (QED) is 0.360. The van der Waals surface area contributed by atoms with E-state index >= 15 is 0 Å². The summed E-state index contributed by atoms with van der Waals surface area (Å²) in [6.07, 6.45) is 0.727. The molecule has 1 aliphatic heterocycles. The van der Waals surface area contributed by atoms with Crippen molar-refractivity contribution in [1.82, 2.24) is 4.90 Å². The number of carbonyl (C=O) groups excluding carboxylic acids is 2. The number of rotatable bonds is 7. The maximum atomic E-state index is 13.2. The van der Waals surface area contributed by atoms with E-state index in [1.54, 1.807) is 42.3 Å². The number of amides is 2. The molecule has 1 unspecified atom stereocenters. The largest absolute Gasteiger partial charge is 0.497 e. The molecular weight excluding hydrogens is 550 g/mol. The molecule has 1 saturated heterocycles. The second-order valence-corrected chi connectivity index (χ2v) is 10.3. The van der Waals surface area contributed by atoms with E-state index in [9.17, 15) is 9.59 Å². The summed E-state index contributed by atoms with van der Waals surface area (Å²) in [5.74, 6) is 0.398. The predicted octanol–water partition coefficient (Wildman–Crippen LogP) is 6.31. The van der Waals surface area contributed by atoms with Crippen LogP contribution in [0.2, 0.25) is 5.02 Å². The van der Waals surface area contributed by atoms with Gasteiger partial charge in [-0.3, -0.25) is 14.5 Å². The number of methoxy groups -OCH3 is 1. The Balaban J connectivity index is 1.54. The van der Waals surface area contributed by atoms with Gasteiger partial charge in [-0.15, -0.1) is 0 Å². The van der Waals surface area contributed by atoms with Gasteiger partial charge in [0.15, 0.2) is 5.17 Å². The number of hydrogen-bond acceptors (Lipinski definition) is 5. The van der Waals surface area contributed by atoms with Crippen molar-refractivity contribution < 1.29 is 14.3 Å². The monoisotopic (exact) mass is 571 g/mol. The SMILES string of the molecule is COc1ccc(CCN2C(=O)CC(C(=O)Nc3ccc(Br)cc3)SC2=Nc2cccc(Cl)c2)cc1. The molecule has 1 fully saturated rings. The number of carbonyl (C=O) groups is 2. The van der Waals surface area contributed by atoms with Crippen LogP contribution in [0.1, 0.15) is 12.0 Å². The Hall–Kier alpha value is -2.81. The van der Waals surface area contributed by atoms with Crippen LogP contribution < -0.4 is 10.1 Å². The van der Waals surface area contributed by atoms with Crippen LogP contribution >= 0.6 is 39.3 Å². The van der Waals surface area contributed by atoms with Gasteiger partial charge in [0, 0.05) is 28.1 Å². The number of nitrogens with zero attached hydrogens (tertiary/aromatic N) is 2. The molecule has 3 aromatic carbocycles. The van der Waals surface area contributed by atoms with Crippen LogP contribution in [-0.2, 0) is 16.0 Å². The first kappa shape index (κ1) is 25.3. The summed E-state index contributed by atoms with van der Waals surface area (Å²) in [5.41, 5.74) is 2.36. The first-order valence-corrected chi connectivity index (χ1v) is 13.0. The first-order chi connectivity index (χ1) is 16.9. The van der Waals surface area contributed by atoms with Crippen LogP contribution in [0.5, 0.6) is 5.75 Å². The van der Waals surface area contributed by atoms with Crippen LogP contribution in [-0.4, -0.2) is 40.8 Å². The second-order valence-electron chi connectivity index (χ2n) is 7.82. The number of thioether (sulfide) groups is 1. The van der Waals surface area contributed by atoms with Gasteiger partial charge in [0.2, 0.25) is 11.8 Å². The Morgan fingerprint density at radius 3 is 2.60 bits per heavy atom. The number of hydrogen-bond donors (Lipinski definition) is 1. The maximum Gasteiger partial charge on any atom is 0.238 e. The van der Waals surface area contributed by atoms with Gasteiger partial charge in [0.25, 0.3) is 0 Å². The average molecular weight is 573 g/mol. The Bertz CT molecular complexity index is 1240. The number of amidine groups is 1. The lowest BCUT2D eigenvalue weighted by atomic mass is 10.1. The highest BCUT2D eigenvalue weighted by Crippen LogP contribution is 2.31. The topological polar surface area (TPSA) is 71.0 Å². The van der Waals surface area contributed by atoms with Gasteiger partial charge in [-0.25, -0.2) is 4.99 Å². The summed E-state index contributed by atoms with van der Waals surface area (Å²) in [6.45, 7) is 0.443. The molecule has 0 bridgehead atoms. The minimum absolute atomic E-state index is 0.0875. The van der Waals surface area contributed by atoms with Crippen molar-refractivity contribution >= 4 is 67.6 Å². The lowest BCUT2D eigenvalue weighted by Crippen LogP contribution is -2.46. The molecule has 0 aromatic heterocycles. The highest BCUT2D eigenvalue weighted by Gasteiger charge is 2.35. The Morgan fingerprint density at radius 2 is 1.91 bits per heavy atom. The molecular formula is C26H23BrClN3O3S. The first-order valence-electron chi connectivity index (χ1n) is 10.9. The van der Waals surface area contributed by atoms with Crippen LogP contribution in [0.4, 0.5) is 11.4 Å². The van der Waals surface area contributed by atoms with Gasteiger partial charge in [0.1, 0.15) is 11.0 Å². The van der Waals surface area contributed by atoms with E-state index in [4.69, 9.17) is 21.3 Å². The van der Waals surface area contributed by atoms with E-state index in [-0.39, 0.29) is 18.2 Å². The summed E-state index contributed by atoms with van der Waals surface area (Å²) in [7, 11) is 1.63. The average Bonchev–Trinajstić information content (AvgIpc) is 2.85. The summed E-state index contributed by atoms with van der Waals surface area (Å²) in [6, 6.07) is 22.2. The van der Waals surface area contributed by atoms with Crippen molar-refractivity contribution in [2.45, 2.75) is 18.1 Å². The molecule has 0 aliphatic carbocycles. The molecule has 4 rings (SSSR count). The fourth-order valence-electron chi connectivity index (χ4n) is 3.51. The third-order valence-electron chi connectivity index (χ3n) is 5.36. The van der Waals surface area contributed by atoms with Gasteiger partial charge < -0.3 is 10.1 Å². The lowest BCUT2D eigenvalue weighted by molar-refractivity contribution is -0.129. The van der Waals surface area contributed by atoms with Crippen molar-refractivity contribution in [2.24, 2.45) is 4.99 Å². The predicted molar refractivity (Wildman–Crippen MR) is 146 cm³/mol. The van der Waals surface area contributed by atoms with Crippen molar-refractivity contribution in [2.75, 3.05) is 19.0 Å². The number of aliphatic imine (C=N–C) groups is 1. The second kappa shape index (κ2) is 11.7. The van der Waals surface area contributed by atoms with Gasteiger partial charge in [-0.1, -0.05) is 57.5 Å². The summed E-state index contributed by atoms with van der Waals surface area (Å²) >= 11 is 10.8. The fraction of sp³-hybridized carbons (Fsp3) is 0.192. The number of nitrogens with one attached hydrogen (secondary N) is 1. The molecule has 9 heteroatoms. The smallest absolute Gasteiger partial charge is 0.238 e. The molecule has 0 radical (unpaired) electrons. The van der Waals surface area contributed by atoms with Crippen molar-refractivity contribution in [3.8, 4) is 5.75 Å². The normalized spacial score (nSPS) is 16.9. The van der Waals surface area contributed by atoms with E-state index < -0.39 is 5.25 Å². The van der Waals surface area contributed by atoms with E-state index in [0.29, 0.717) is 34.5 Å². The van der Waals surface area contributed by atoms with Gasteiger partial charge >= 0.3 is 0 Å². The van der Waals surface area contributed by atoms with Gasteiger partial charge in [-0.05, 0) is 66.6 Å². The fourth-order valence-corrected chi connectivity index (χ4v) is 5.08. The van der Waals surface area contributed by atoms with Crippen LogP contribution in [0, 0.1) is 0 Å². The molecule has 1 atom stereocenters. The van der Waals surface area contributed by atoms with Crippen LogP contribution in [0.15, 0.2) is 82.3 Å². The molecule has 35 heavy (non-hydrogen) atoms. The van der Waals surface area contributed by atoms with E-state index in [1.165, 1.54) is 11.8 Å². The Labute approximate surface area is 221 Å². The molecule has 6 nitrogen and oxygen atoms in total. The minimum atomic E-state index is -0.596. The standard InChI is InChI=1S/C26H23BrClN3O3S/c1-34-22-11-5-17(6-12-22)13-14-31-24(32)16-23(25(33)29-20-9-7-18(27)8-10-20)35-26(31)30-21-4-2-3-19(28)15-21/h2-12,15,23H,13-14,16H2,1H3,(H,29,33). The third-order valence-corrected chi connectivity index (χ3v) is 7.31. The summed E-state index contributed by atoms with van der Waals surface area (Å²) < 4.78 is 6.14. The van der Waals surface area contributed by atoms with Crippen molar-refractivity contribution in [3.05, 3.63) is 87.9 Å². The molecule has 0 spiro atoms. The maximum absolute atomic E-state index is 13.2. The van der Waals surface area contributed by atoms with Crippen molar-refractivity contribution in [1.29, 1.82) is 0 Å². The lowest BCUT2D eigenvalue weighted by Gasteiger charge is -2.32. The molecule has 2 amide bonds. The highest BCUT2D eigenvalue weighted by atomic mass is 79.9. The minimum Gasteiger partial charge on any atom is -0.497 e. The Morgan fingerprint density at radius 1 is 1.17 bits per heavy atom. The number of halogens is 2. The zero-order valence-corrected chi connectivity index (χ0v) is 22.1. The Kier molecular flexibility index (Phi) is 8.49. The number of anilines is 1. The number of ether oxygens (including phenoxy) is 1. The van der Waals surface area contributed by atoms with Gasteiger partial charge in [0.05, 0.1) is 12.8 Å². The summed E-state index contributed by atoms with van der Waals surface area (Å²) in [4.78, 5) is 32.5. The zero-order chi connectivity index (χ0) is 24.8. The third kappa shape index (κ3) is 6.87. The highest BCUT2D eigenvalue weighted by molar-refractivity contribution is 9.10. The van der Waals surface area contributed by atoms with Crippen molar-refractivity contribution in [3.63, 3.8) is 0 Å². The molecule has 1 N–H and O–H groups in total. The van der Waals surface area contributed by atoms with Gasteiger partial charge in [-0.2, -0.15) is 0 Å². The molecule has 1 aliphatic rings. The zero-order valence-electron chi connectivity index (χ0n) is 18.9.